The van der Waals surface area contributed by atoms with E-state index in [0.717, 1.165) is 5.69 Å². The molecule has 0 aliphatic carbocycles. The van der Waals surface area contributed by atoms with Crippen LogP contribution < -0.4 is 10.6 Å². The maximum absolute atomic E-state index is 11.7. The summed E-state index contributed by atoms with van der Waals surface area (Å²) in [5, 5.41) is 5.86. The monoisotopic (exact) mass is 302 g/mol. The molecule has 0 saturated carbocycles. The molecule has 6 nitrogen and oxygen atoms in total. The van der Waals surface area contributed by atoms with E-state index in [-0.39, 0.29) is 11.9 Å². The first kappa shape index (κ1) is 15.6. The van der Waals surface area contributed by atoms with Crippen molar-refractivity contribution in [3.05, 3.63) is 54.0 Å². The molecular formula is C16H18N2O4. The van der Waals surface area contributed by atoms with Gasteiger partial charge in [-0.15, -0.1) is 0 Å². The molecule has 0 fully saturated rings. The largest absolute Gasteiger partial charge is 0.467 e. The number of amides is 1. The van der Waals surface area contributed by atoms with Crippen LogP contribution in [0.25, 0.3) is 0 Å². The smallest absolute Gasteiger partial charge is 0.337 e. The van der Waals surface area contributed by atoms with Gasteiger partial charge >= 0.3 is 5.97 Å². The van der Waals surface area contributed by atoms with Gasteiger partial charge < -0.3 is 19.8 Å². The van der Waals surface area contributed by atoms with Crippen molar-refractivity contribution < 1.29 is 18.7 Å². The lowest BCUT2D eigenvalue weighted by Gasteiger charge is -2.08. The first-order valence-electron chi connectivity index (χ1n) is 6.90. The molecule has 2 rings (SSSR count). The summed E-state index contributed by atoms with van der Waals surface area (Å²) in [6.07, 6.45) is 1.89. The Kier molecular flexibility index (Phi) is 5.59. The molecular weight excluding hydrogens is 284 g/mol. The number of anilines is 1. The molecule has 0 atom stereocenters. The summed E-state index contributed by atoms with van der Waals surface area (Å²) in [7, 11) is 1.34. The van der Waals surface area contributed by atoms with Gasteiger partial charge in [0.15, 0.2) is 0 Å². The van der Waals surface area contributed by atoms with E-state index in [1.165, 1.54) is 7.11 Å². The highest BCUT2D eigenvalue weighted by atomic mass is 16.5. The molecule has 1 heterocycles. The molecule has 1 amide bonds. The molecule has 0 spiro atoms. The van der Waals surface area contributed by atoms with Gasteiger partial charge in [0.25, 0.3) is 0 Å². The Balaban J connectivity index is 1.73. The lowest BCUT2D eigenvalue weighted by Crippen LogP contribution is -2.24. The van der Waals surface area contributed by atoms with Gasteiger partial charge in [-0.05, 0) is 30.3 Å². The summed E-state index contributed by atoms with van der Waals surface area (Å²) in [5.74, 6) is 0.250. The van der Waals surface area contributed by atoms with Gasteiger partial charge in [-0.2, -0.15) is 0 Å². The number of methoxy groups -OCH3 is 1. The van der Waals surface area contributed by atoms with Crippen LogP contribution in [-0.4, -0.2) is 25.5 Å². The van der Waals surface area contributed by atoms with Gasteiger partial charge in [-0.25, -0.2) is 4.79 Å². The van der Waals surface area contributed by atoms with Crippen LogP contribution >= 0.6 is 0 Å². The zero-order valence-corrected chi connectivity index (χ0v) is 12.3. The topological polar surface area (TPSA) is 80.6 Å². The molecule has 1 aromatic heterocycles. The van der Waals surface area contributed by atoms with E-state index in [2.05, 4.69) is 15.4 Å². The molecule has 0 radical (unpaired) electrons. The zero-order valence-electron chi connectivity index (χ0n) is 12.3. The molecule has 6 heteroatoms. The average molecular weight is 302 g/mol. The van der Waals surface area contributed by atoms with Crippen molar-refractivity contribution in [2.24, 2.45) is 0 Å². The van der Waals surface area contributed by atoms with Crippen LogP contribution in [0.4, 0.5) is 5.69 Å². The third-order valence-electron chi connectivity index (χ3n) is 3.00. The van der Waals surface area contributed by atoms with Gasteiger partial charge in [0, 0.05) is 18.7 Å². The number of hydrogen-bond acceptors (Lipinski definition) is 5. The van der Waals surface area contributed by atoms with E-state index in [4.69, 9.17) is 4.42 Å². The summed E-state index contributed by atoms with van der Waals surface area (Å²) < 4.78 is 9.79. The van der Waals surface area contributed by atoms with Crippen LogP contribution in [-0.2, 0) is 16.1 Å². The van der Waals surface area contributed by atoms with Crippen LogP contribution in [0.1, 0.15) is 22.5 Å². The number of nitrogens with one attached hydrogen (secondary N) is 2. The fraction of sp³-hybridized carbons (Fsp3) is 0.250. The molecule has 116 valence electrons. The fourth-order valence-electron chi connectivity index (χ4n) is 1.88. The third kappa shape index (κ3) is 4.66. The molecule has 0 unspecified atom stereocenters. The summed E-state index contributed by atoms with van der Waals surface area (Å²) in [6.45, 7) is 0.846. The first-order chi connectivity index (χ1) is 10.7. The Labute approximate surface area is 128 Å². The maximum atomic E-state index is 11.7. The van der Waals surface area contributed by atoms with Gasteiger partial charge in [0.05, 0.1) is 25.5 Å². The standard InChI is InChI=1S/C16H18N2O4/c1-21-16(20)12-4-2-5-13(10-12)17-8-7-15(19)18-11-14-6-3-9-22-14/h2-6,9-10,17H,7-8,11H2,1H3,(H,18,19). The van der Waals surface area contributed by atoms with E-state index in [1.54, 1.807) is 36.6 Å². The Bertz CT molecular complexity index is 623. The predicted octanol–water partition coefficient (Wildman–Crippen LogP) is 2.18. The van der Waals surface area contributed by atoms with Crippen molar-refractivity contribution in [1.82, 2.24) is 5.32 Å². The van der Waals surface area contributed by atoms with E-state index < -0.39 is 0 Å². The molecule has 0 bridgehead atoms. The Morgan fingerprint density at radius 3 is 2.82 bits per heavy atom. The number of esters is 1. The van der Waals surface area contributed by atoms with Crippen molar-refractivity contribution in [1.29, 1.82) is 0 Å². The summed E-state index contributed by atoms with van der Waals surface area (Å²) in [6, 6.07) is 10.5. The van der Waals surface area contributed by atoms with Crippen LogP contribution in [0.2, 0.25) is 0 Å². The Morgan fingerprint density at radius 2 is 2.09 bits per heavy atom. The molecule has 0 aliphatic heterocycles. The lowest BCUT2D eigenvalue weighted by molar-refractivity contribution is -0.121. The van der Waals surface area contributed by atoms with Crippen LogP contribution in [0.5, 0.6) is 0 Å². The second kappa shape index (κ2) is 7.87. The van der Waals surface area contributed by atoms with Crippen molar-refractivity contribution in [2.75, 3.05) is 19.0 Å². The van der Waals surface area contributed by atoms with Gasteiger partial charge in [-0.1, -0.05) is 6.07 Å². The second-order valence-corrected chi connectivity index (χ2v) is 4.61. The minimum absolute atomic E-state index is 0.0759. The highest BCUT2D eigenvalue weighted by Crippen LogP contribution is 2.11. The summed E-state index contributed by atoms with van der Waals surface area (Å²) in [5.41, 5.74) is 1.23. The second-order valence-electron chi connectivity index (χ2n) is 4.61. The minimum atomic E-state index is -0.389. The van der Waals surface area contributed by atoms with Gasteiger partial charge in [-0.3, -0.25) is 4.79 Å². The summed E-state index contributed by atoms with van der Waals surface area (Å²) in [4.78, 5) is 23.1. The van der Waals surface area contributed by atoms with Crippen LogP contribution in [0, 0.1) is 0 Å². The fourth-order valence-corrected chi connectivity index (χ4v) is 1.88. The normalized spacial score (nSPS) is 10.0. The Morgan fingerprint density at radius 1 is 1.23 bits per heavy atom. The number of furan rings is 1. The first-order valence-corrected chi connectivity index (χ1v) is 6.90. The molecule has 1 aromatic carbocycles. The number of benzene rings is 1. The van der Waals surface area contributed by atoms with Gasteiger partial charge in [0.1, 0.15) is 5.76 Å². The highest BCUT2D eigenvalue weighted by molar-refractivity contribution is 5.90. The molecule has 2 N–H and O–H groups in total. The van der Waals surface area contributed by atoms with Crippen molar-refractivity contribution in [3.63, 3.8) is 0 Å². The average Bonchev–Trinajstić information content (AvgIpc) is 3.06. The Hall–Kier alpha value is -2.76. The van der Waals surface area contributed by atoms with Crippen molar-refractivity contribution >= 4 is 17.6 Å². The maximum Gasteiger partial charge on any atom is 0.337 e. The number of hydrogen-bond donors (Lipinski definition) is 2. The molecule has 22 heavy (non-hydrogen) atoms. The van der Waals surface area contributed by atoms with Crippen LogP contribution in [0.3, 0.4) is 0 Å². The quantitative estimate of drug-likeness (QED) is 0.766. The number of rotatable bonds is 7. The van der Waals surface area contributed by atoms with E-state index in [0.29, 0.717) is 30.8 Å². The third-order valence-corrected chi connectivity index (χ3v) is 3.00. The molecule has 0 aliphatic rings. The molecule has 2 aromatic rings. The van der Waals surface area contributed by atoms with Gasteiger partial charge in [0.2, 0.25) is 5.91 Å². The molecule has 0 saturated heterocycles. The lowest BCUT2D eigenvalue weighted by atomic mass is 10.2. The number of carbonyl (C=O) groups is 2. The van der Waals surface area contributed by atoms with E-state index in [9.17, 15) is 9.59 Å². The number of carbonyl (C=O) groups excluding carboxylic acids is 2. The van der Waals surface area contributed by atoms with Crippen molar-refractivity contribution in [3.8, 4) is 0 Å². The minimum Gasteiger partial charge on any atom is -0.467 e. The van der Waals surface area contributed by atoms with Crippen LogP contribution in [0.15, 0.2) is 47.1 Å². The predicted molar refractivity (Wildman–Crippen MR) is 81.4 cm³/mol. The van der Waals surface area contributed by atoms with E-state index >= 15 is 0 Å². The summed E-state index contributed by atoms with van der Waals surface area (Å²) >= 11 is 0. The van der Waals surface area contributed by atoms with E-state index in [1.807, 2.05) is 6.07 Å². The van der Waals surface area contributed by atoms with Crippen molar-refractivity contribution in [2.45, 2.75) is 13.0 Å². The number of ether oxygens (including phenoxy) is 1. The zero-order chi connectivity index (χ0) is 15.8. The highest BCUT2D eigenvalue weighted by Gasteiger charge is 2.06. The SMILES string of the molecule is COC(=O)c1cccc(NCCC(=O)NCc2ccco2)c1.